The molecule has 0 unspecified atom stereocenters. The number of carbonyl (C=O) groups excluding carboxylic acids is 1. The largest absolute Gasteiger partial charge is 0.487 e. The van der Waals surface area contributed by atoms with Gasteiger partial charge >= 0.3 is 0 Å². The van der Waals surface area contributed by atoms with Crippen molar-refractivity contribution in [3.63, 3.8) is 0 Å². The first kappa shape index (κ1) is 21.4. The first-order chi connectivity index (χ1) is 14.2. The summed E-state index contributed by atoms with van der Waals surface area (Å²) in [4.78, 5) is 16.8. The number of nitrogens with zero attached hydrogens (tertiary/aromatic N) is 2. The summed E-state index contributed by atoms with van der Waals surface area (Å²) in [7, 11) is -1.35. The van der Waals surface area contributed by atoms with Crippen LogP contribution in [0.2, 0.25) is 0 Å². The highest BCUT2D eigenvalue weighted by molar-refractivity contribution is 7.92. The van der Waals surface area contributed by atoms with Gasteiger partial charge in [0.05, 0.1) is 25.4 Å². The summed E-state index contributed by atoms with van der Waals surface area (Å²) >= 11 is 0. The molecule has 10 heteroatoms. The zero-order chi connectivity index (χ0) is 21.5. The Hall–Kier alpha value is -1.88. The number of aliphatic hydroxyl groups excluding tert-OH is 1. The molecule has 9 nitrogen and oxygen atoms in total. The highest BCUT2D eigenvalue weighted by Gasteiger charge is 2.46. The number of sulfonamides is 1. The second kappa shape index (κ2) is 8.33. The van der Waals surface area contributed by atoms with Gasteiger partial charge in [0.25, 0.3) is 0 Å². The fourth-order valence-corrected chi connectivity index (χ4v) is 5.10. The Balaban J connectivity index is 1.49. The first-order valence-electron chi connectivity index (χ1n) is 10.2. The average molecular weight is 440 g/mol. The Bertz CT molecular complexity index is 900. The van der Waals surface area contributed by atoms with E-state index in [-0.39, 0.29) is 37.1 Å². The first-order valence-corrected chi connectivity index (χ1v) is 12.1. The average Bonchev–Trinajstić information content (AvgIpc) is 3.04. The van der Waals surface area contributed by atoms with Crippen LogP contribution in [0, 0.1) is 0 Å². The van der Waals surface area contributed by atoms with Gasteiger partial charge in [0, 0.05) is 43.3 Å². The monoisotopic (exact) mass is 439 g/mol. The fourth-order valence-electron chi connectivity index (χ4n) is 4.55. The van der Waals surface area contributed by atoms with Gasteiger partial charge in [0.2, 0.25) is 15.9 Å². The maximum atomic E-state index is 12.8. The Morgan fingerprint density at radius 2 is 2.00 bits per heavy atom. The van der Waals surface area contributed by atoms with Gasteiger partial charge in [-0.15, -0.1) is 0 Å². The number of amides is 1. The van der Waals surface area contributed by atoms with Gasteiger partial charge in [-0.25, -0.2) is 8.42 Å². The number of ether oxygens (including phenoxy) is 2. The smallest absolute Gasteiger partial charge is 0.229 e. The van der Waals surface area contributed by atoms with E-state index < -0.39 is 16.1 Å². The fraction of sp³-hybridized carbons (Fsp3) is 0.650. The molecule has 4 rings (SSSR count). The van der Waals surface area contributed by atoms with Gasteiger partial charge in [-0.3, -0.25) is 9.52 Å². The number of anilines is 1. The van der Waals surface area contributed by atoms with Crippen molar-refractivity contribution in [2.24, 2.45) is 0 Å². The lowest BCUT2D eigenvalue weighted by Crippen LogP contribution is -2.50. The molecular formula is C20H29N3O6S. The molecule has 3 heterocycles. The van der Waals surface area contributed by atoms with Crippen LogP contribution in [0.15, 0.2) is 18.2 Å². The van der Waals surface area contributed by atoms with Crippen LogP contribution >= 0.6 is 0 Å². The lowest BCUT2D eigenvalue weighted by molar-refractivity contribution is -0.150. The number of likely N-dealkylation sites (N-methyl/N-ethyl adjacent to an activating group) is 1. The summed E-state index contributed by atoms with van der Waals surface area (Å²) < 4.78 is 37.7. The topological polar surface area (TPSA) is 108 Å². The van der Waals surface area contributed by atoms with Gasteiger partial charge in [-0.2, -0.15) is 0 Å². The van der Waals surface area contributed by atoms with Gasteiger partial charge < -0.3 is 24.4 Å². The van der Waals surface area contributed by atoms with Crippen molar-refractivity contribution in [1.82, 2.24) is 9.80 Å². The van der Waals surface area contributed by atoms with Crippen molar-refractivity contribution in [3.8, 4) is 5.75 Å². The molecule has 0 radical (unpaired) electrons. The minimum atomic E-state index is -3.39. The third kappa shape index (κ3) is 4.56. The standard InChI is InChI=1S/C20H29N3O6S/c1-22-5-7-23(8-6-22)19(25)11-14-10-16-15-9-13(21-30(2,26)27)3-4-17(15)29-20(16)18(12-24)28-14/h3-4,9,14,16,18,20-21,24H,5-8,10-12H2,1-2H3/t14-,16+,18-,20-/m0/s1. The predicted octanol–water partition coefficient (Wildman–Crippen LogP) is 0.217. The van der Waals surface area contributed by atoms with E-state index in [1.807, 2.05) is 11.9 Å². The van der Waals surface area contributed by atoms with Gasteiger partial charge in [-0.05, 0) is 31.7 Å². The molecule has 1 amide bonds. The Labute approximate surface area is 177 Å². The number of nitrogens with one attached hydrogen (secondary N) is 1. The SMILES string of the molecule is CN1CCN(C(=O)C[C@@H]2C[C@@H]3c4cc(NS(C)(=O)=O)ccc4O[C@@H]3[C@H](CO)O2)CC1. The van der Waals surface area contributed by atoms with E-state index in [9.17, 15) is 18.3 Å². The molecule has 166 valence electrons. The van der Waals surface area contributed by atoms with Crippen molar-refractivity contribution in [2.45, 2.75) is 37.1 Å². The maximum Gasteiger partial charge on any atom is 0.229 e. The Morgan fingerprint density at radius 3 is 2.67 bits per heavy atom. The van der Waals surface area contributed by atoms with Crippen LogP contribution in [0.5, 0.6) is 5.75 Å². The summed E-state index contributed by atoms with van der Waals surface area (Å²) in [6, 6.07) is 5.17. The van der Waals surface area contributed by atoms with Crippen LogP contribution in [-0.4, -0.2) is 93.6 Å². The summed E-state index contributed by atoms with van der Waals surface area (Å²) in [5.74, 6) is 0.657. The number of aliphatic hydroxyl groups is 1. The molecule has 30 heavy (non-hydrogen) atoms. The molecule has 0 aromatic heterocycles. The number of hydrogen-bond acceptors (Lipinski definition) is 7. The van der Waals surface area contributed by atoms with E-state index in [0.717, 1.165) is 24.9 Å². The summed E-state index contributed by atoms with van der Waals surface area (Å²) in [5.41, 5.74) is 1.35. The quantitative estimate of drug-likeness (QED) is 0.675. The molecule has 2 saturated heterocycles. The minimum Gasteiger partial charge on any atom is -0.487 e. The third-order valence-electron chi connectivity index (χ3n) is 6.06. The molecule has 2 N–H and O–H groups in total. The molecular weight excluding hydrogens is 410 g/mol. The molecule has 0 bridgehead atoms. The number of carbonyl (C=O) groups is 1. The third-order valence-corrected chi connectivity index (χ3v) is 6.67. The van der Waals surface area contributed by atoms with Crippen LogP contribution in [0.4, 0.5) is 5.69 Å². The van der Waals surface area contributed by atoms with Crippen molar-refractivity contribution in [1.29, 1.82) is 0 Å². The lowest BCUT2D eigenvalue weighted by Gasteiger charge is -2.38. The van der Waals surface area contributed by atoms with E-state index in [2.05, 4.69) is 9.62 Å². The Kier molecular flexibility index (Phi) is 5.93. The number of fused-ring (bicyclic) bond motifs is 3. The second-order valence-corrected chi connectivity index (χ2v) is 10.2. The maximum absolute atomic E-state index is 12.8. The molecule has 1 aromatic carbocycles. The van der Waals surface area contributed by atoms with Crippen molar-refractivity contribution in [2.75, 3.05) is 50.8 Å². The molecule has 3 aliphatic heterocycles. The van der Waals surface area contributed by atoms with E-state index in [4.69, 9.17) is 9.47 Å². The minimum absolute atomic E-state index is 0.0647. The molecule has 0 saturated carbocycles. The van der Waals surface area contributed by atoms with Crippen molar-refractivity contribution >= 4 is 21.6 Å². The zero-order valence-corrected chi connectivity index (χ0v) is 18.1. The number of benzene rings is 1. The lowest BCUT2D eigenvalue weighted by atomic mass is 9.84. The van der Waals surface area contributed by atoms with Gasteiger partial charge in [0.1, 0.15) is 18.0 Å². The summed E-state index contributed by atoms with van der Waals surface area (Å²) in [6.07, 6.45) is 0.740. The van der Waals surface area contributed by atoms with E-state index in [1.165, 1.54) is 0 Å². The van der Waals surface area contributed by atoms with Crippen LogP contribution in [0.3, 0.4) is 0 Å². The molecule has 0 spiro atoms. The van der Waals surface area contributed by atoms with E-state index >= 15 is 0 Å². The van der Waals surface area contributed by atoms with Crippen LogP contribution in [-0.2, 0) is 19.6 Å². The number of hydrogen-bond donors (Lipinski definition) is 2. The second-order valence-electron chi connectivity index (χ2n) is 8.42. The molecule has 2 fully saturated rings. The van der Waals surface area contributed by atoms with E-state index in [1.54, 1.807) is 18.2 Å². The molecule has 4 atom stereocenters. The summed E-state index contributed by atoms with van der Waals surface area (Å²) in [6.45, 7) is 2.94. The molecule has 1 aromatic rings. The van der Waals surface area contributed by atoms with Gasteiger partial charge in [0.15, 0.2) is 0 Å². The van der Waals surface area contributed by atoms with Crippen LogP contribution in [0.25, 0.3) is 0 Å². The van der Waals surface area contributed by atoms with E-state index in [0.29, 0.717) is 30.9 Å². The van der Waals surface area contributed by atoms with Gasteiger partial charge in [-0.1, -0.05) is 0 Å². The van der Waals surface area contributed by atoms with Crippen LogP contribution in [0.1, 0.15) is 24.3 Å². The summed E-state index contributed by atoms with van der Waals surface area (Å²) in [5, 5.41) is 9.86. The van der Waals surface area contributed by atoms with Crippen LogP contribution < -0.4 is 9.46 Å². The van der Waals surface area contributed by atoms with Crippen molar-refractivity contribution < 1.29 is 27.8 Å². The molecule has 0 aliphatic carbocycles. The number of rotatable bonds is 5. The highest BCUT2D eigenvalue weighted by Crippen LogP contribution is 2.47. The zero-order valence-electron chi connectivity index (χ0n) is 17.3. The molecule has 3 aliphatic rings. The highest BCUT2D eigenvalue weighted by atomic mass is 32.2. The number of piperazine rings is 1. The normalized spacial score (nSPS) is 29.1. The van der Waals surface area contributed by atoms with Crippen molar-refractivity contribution in [3.05, 3.63) is 23.8 Å². The predicted molar refractivity (Wildman–Crippen MR) is 111 cm³/mol. The Morgan fingerprint density at radius 1 is 1.27 bits per heavy atom.